The van der Waals surface area contributed by atoms with Crippen molar-refractivity contribution in [2.24, 2.45) is 5.10 Å². The lowest BCUT2D eigenvalue weighted by atomic mass is 10.1. The van der Waals surface area contributed by atoms with Crippen molar-refractivity contribution < 1.29 is 14.7 Å². The van der Waals surface area contributed by atoms with E-state index in [0.717, 1.165) is 5.56 Å². The normalized spacial score (nSPS) is 10.8. The number of aromatic nitrogens is 1. The largest absolute Gasteiger partial charge is 0.478 e. The van der Waals surface area contributed by atoms with Crippen molar-refractivity contribution in [3.8, 4) is 0 Å². The molecule has 0 saturated heterocycles. The molecule has 1 heterocycles. The van der Waals surface area contributed by atoms with E-state index < -0.39 is 5.97 Å². The predicted octanol–water partition coefficient (Wildman–Crippen LogP) is 2.80. The molecule has 0 radical (unpaired) electrons. The van der Waals surface area contributed by atoms with E-state index in [1.807, 2.05) is 0 Å². The van der Waals surface area contributed by atoms with Gasteiger partial charge in [-0.05, 0) is 24.6 Å². The molecule has 0 atom stereocenters. The number of anilines is 1. The number of hydrazone groups is 1. The fourth-order valence-electron chi connectivity index (χ4n) is 1.64. The van der Waals surface area contributed by atoms with Gasteiger partial charge in [0.15, 0.2) is 5.78 Å². The van der Waals surface area contributed by atoms with E-state index in [1.165, 1.54) is 30.4 Å². The number of rotatable bonds is 5. The predicted molar refractivity (Wildman–Crippen MR) is 81.5 cm³/mol. The van der Waals surface area contributed by atoms with Crippen LogP contribution < -0.4 is 5.43 Å². The number of aromatic carboxylic acids is 1. The third-order valence-corrected chi connectivity index (χ3v) is 3.81. The molecule has 2 aromatic rings. The van der Waals surface area contributed by atoms with Crippen LogP contribution >= 0.6 is 11.3 Å². The lowest BCUT2D eigenvalue weighted by molar-refractivity contribution is 0.0696. The summed E-state index contributed by atoms with van der Waals surface area (Å²) < 4.78 is 0. The highest BCUT2D eigenvalue weighted by molar-refractivity contribution is 7.17. The van der Waals surface area contributed by atoms with Crippen molar-refractivity contribution >= 4 is 34.4 Å². The molecule has 0 aliphatic heterocycles. The zero-order valence-electron chi connectivity index (χ0n) is 11.5. The van der Waals surface area contributed by atoms with E-state index in [1.54, 1.807) is 25.3 Å². The number of aryl methyl sites for hydroxylation is 1. The molecule has 0 aliphatic rings. The number of carboxylic acid groups (broad SMARTS) is 1. The van der Waals surface area contributed by atoms with Crippen LogP contribution in [-0.2, 0) is 0 Å². The van der Waals surface area contributed by atoms with Crippen LogP contribution in [0.15, 0.2) is 29.4 Å². The summed E-state index contributed by atoms with van der Waals surface area (Å²) in [6.07, 6.45) is 1.55. The minimum absolute atomic E-state index is 0.0220. The summed E-state index contributed by atoms with van der Waals surface area (Å²) >= 11 is 1.25. The van der Waals surface area contributed by atoms with Crippen LogP contribution in [0.1, 0.15) is 38.2 Å². The SMILES string of the molecule is CC(=O)c1sc(N/N=C/c2ccc(C(=O)O)cc2)nc1C. The molecule has 1 aromatic heterocycles. The molecule has 0 amide bonds. The monoisotopic (exact) mass is 303 g/mol. The molecule has 0 spiro atoms. The Morgan fingerprint density at radius 2 is 2.00 bits per heavy atom. The Bertz CT molecular complexity index is 705. The average molecular weight is 303 g/mol. The molecule has 2 rings (SSSR count). The molecule has 0 saturated carbocycles. The number of thiazole rings is 1. The van der Waals surface area contributed by atoms with Crippen molar-refractivity contribution in [2.75, 3.05) is 5.43 Å². The molecule has 108 valence electrons. The van der Waals surface area contributed by atoms with Crippen molar-refractivity contribution in [3.05, 3.63) is 46.0 Å². The molecule has 0 unspecified atom stereocenters. The second-order valence-corrected chi connectivity index (χ2v) is 5.29. The van der Waals surface area contributed by atoms with Gasteiger partial charge in [0.2, 0.25) is 5.13 Å². The highest BCUT2D eigenvalue weighted by Crippen LogP contribution is 2.22. The van der Waals surface area contributed by atoms with Crippen molar-refractivity contribution in [2.45, 2.75) is 13.8 Å². The zero-order chi connectivity index (χ0) is 15.4. The van der Waals surface area contributed by atoms with Gasteiger partial charge in [-0.3, -0.25) is 10.2 Å². The number of hydrogen-bond donors (Lipinski definition) is 2. The van der Waals surface area contributed by atoms with Gasteiger partial charge in [0.1, 0.15) is 0 Å². The van der Waals surface area contributed by atoms with Gasteiger partial charge in [0.05, 0.1) is 22.3 Å². The summed E-state index contributed by atoms with van der Waals surface area (Å²) in [6.45, 7) is 3.27. The summed E-state index contributed by atoms with van der Waals surface area (Å²) in [5, 5.41) is 13.3. The highest BCUT2D eigenvalue weighted by Gasteiger charge is 2.10. The summed E-state index contributed by atoms with van der Waals surface area (Å²) in [6, 6.07) is 6.32. The van der Waals surface area contributed by atoms with E-state index in [-0.39, 0.29) is 11.3 Å². The van der Waals surface area contributed by atoms with Crippen LogP contribution in [-0.4, -0.2) is 28.1 Å². The Labute approximate surface area is 125 Å². The third kappa shape index (κ3) is 3.73. The Balaban J connectivity index is 2.03. The molecular weight excluding hydrogens is 290 g/mol. The lowest BCUT2D eigenvalue weighted by Crippen LogP contribution is -1.96. The molecular formula is C14H13N3O3S. The second-order valence-electron chi connectivity index (χ2n) is 4.29. The molecule has 1 aromatic carbocycles. The van der Waals surface area contributed by atoms with E-state index in [4.69, 9.17) is 5.11 Å². The molecule has 21 heavy (non-hydrogen) atoms. The molecule has 0 aliphatic carbocycles. The lowest BCUT2D eigenvalue weighted by Gasteiger charge is -1.96. The minimum Gasteiger partial charge on any atom is -0.478 e. The Morgan fingerprint density at radius 1 is 1.33 bits per heavy atom. The number of nitrogens with one attached hydrogen (secondary N) is 1. The number of hydrogen-bond acceptors (Lipinski definition) is 6. The Kier molecular flexibility index (Phi) is 4.44. The Morgan fingerprint density at radius 3 is 2.52 bits per heavy atom. The number of nitrogens with zero attached hydrogens (tertiary/aromatic N) is 2. The van der Waals surface area contributed by atoms with E-state index >= 15 is 0 Å². The quantitative estimate of drug-likeness (QED) is 0.503. The summed E-state index contributed by atoms with van der Waals surface area (Å²) in [5.41, 5.74) is 4.41. The first-order valence-corrected chi connectivity index (χ1v) is 6.90. The number of carboxylic acids is 1. The number of carbonyl (C=O) groups is 2. The van der Waals surface area contributed by atoms with Crippen LogP contribution in [0, 0.1) is 6.92 Å². The van der Waals surface area contributed by atoms with Gasteiger partial charge in [-0.25, -0.2) is 9.78 Å². The van der Waals surface area contributed by atoms with Gasteiger partial charge in [0, 0.05) is 6.92 Å². The van der Waals surface area contributed by atoms with Crippen LogP contribution in [0.2, 0.25) is 0 Å². The van der Waals surface area contributed by atoms with Crippen LogP contribution in [0.3, 0.4) is 0 Å². The van der Waals surface area contributed by atoms with Crippen LogP contribution in [0.25, 0.3) is 0 Å². The van der Waals surface area contributed by atoms with Gasteiger partial charge in [-0.2, -0.15) is 5.10 Å². The van der Waals surface area contributed by atoms with Crippen LogP contribution in [0.4, 0.5) is 5.13 Å². The van der Waals surface area contributed by atoms with Crippen molar-refractivity contribution in [1.82, 2.24) is 4.98 Å². The number of Topliss-reactive ketones (excluding diaryl/α,β-unsaturated/α-hetero) is 1. The zero-order valence-corrected chi connectivity index (χ0v) is 12.3. The summed E-state index contributed by atoms with van der Waals surface area (Å²) in [5.74, 6) is -0.988. The summed E-state index contributed by atoms with van der Waals surface area (Å²) in [4.78, 5) is 26.8. The first-order valence-electron chi connectivity index (χ1n) is 6.08. The maximum absolute atomic E-state index is 11.3. The third-order valence-electron chi connectivity index (χ3n) is 2.65. The standard InChI is InChI=1S/C14H13N3O3S/c1-8-12(9(2)18)21-14(16-8)17-15-7-10-3-5-11(6-4-10)13(19)20/h3-7H,1-2H3,(H,16,17)(H,19,20)/b15-7+. The number of ketones is 1. The molecule has 6 nitrogen and oxygen atoms in total. The first-order chi connectivity index (χ1) is 9.97. The van der Waals surface area contributed by atoms with Gasteiger partial charge < -0.3 is 5.11 Å². The van der Waals surface area contributed by atoms with E-state index in [9.17, 15) is 9.59 Å². The van der Waals surface area contributed by atoms with E-state index in [2.05, 4.69) is 15.5 Å². The summed E-state index contributed by atoms with van der Waals surface area (Å²) in [7, 11) is 0. The van der Waals surface area contributed by atoms with Gasteiger partial charge >= 0.3 is 5.97 Å². The topological polar surface area (TPSA) is 91.7 Å². The van der Waals surface area contributed by atoms with Gasteiger partial charge in [-0.15, -0.1) is 0 Å². The molecule has 7 heteroatoms. The molecule has 0 bridgehead atoms. The maximum Gasteiger partial charge on any atom is 0.335 e. The average Bonchev–Trinajstić information content (AvgIpc) is 2.80. The second kappa shape index (κ2) is 6.27. The molecule has 0 fully saturated rings. The fraction of sp³-hybridized carbons (Fsp3) is 0.143. The smallest absolute Gasteiger partial charge is 0.335 e. The van der Waals surface area contributed by atoms with Crippen molar-refractivity contribution in [3.63, 3.8) is 0 Å². The minimum atomic E-state index is -0.966. The van der Waals surface area contributed by atoms with Gasteiger partial charge in [0.25, 0.3) is 0 Å². The highest BCUT2D eigenvalue weighted by atomic mass is 32.1. The van der Waals surface area contributed by atoms with Crippen LogP contribution in [0.5, 0.6) is 0 Å². The maximum atomic E-state index is 11.3. The van der Waals surface area contributed by atoms with E-state index in [0.29, 0.717) is 15.7 Å². The van der Waals surface area contributed by atoms with Gasteiger partial charge in [-0.1, -0.05) is 23.5 Å². The number of carbonyl (C=O) groups excluding carboxylic acids is 1. The first kappa shape index (κ1) is 14.9. The number of benzene rings is 1. The molecule has 2 N–H and O–H groups in total. The fourth-order valence-corrected chi connectivity index (χ4v) is 2.46. The Hall–Kier alpha value is -2.54. The van der Waals surface area contributed by atoms with Crippen molar-refractivity contribution in [1.29, 1.82) is 0 Å².